The lowest BCUT2D eigenvalue weighted by Crippen LogP contribution is -2.12. The summed E-state index contributed by atoms with van der Waals surface area (Å²) in [4.78, 5) is 22.2. The molecule has 0 spiro atoms. The van der Waals surface area contributed by atoms with Crippen LogP contribution in [0.3, 0.4) is 0 Å². The highest BCUT2D eigenvalue weighted by Crippen LogP contribution is 2.25. The first kappa shape index (κ1) is 17.7. The van der Waals surface area contributed by atoms with Crippen LogP contribution in [0.4, 0.5) is 5.69 Å². The van der Waals surface area contributed by atoms with Crippen LogP contribution in [-0.4, -0.2) is 31.2 Å². The van der Waals surface area contributed by atoms with Gasteiger partial charge in [0.05, 0.1) is 22.1 Å². The normalized spacial score (nSPS) is 10.1. The molecule has 0 aliphatic carbocycles. The van der Waals surface area contributed by atoms with E-state index in [1.54, 1.807) is 31.4 Å². The predicted molar refractivity (Wildman–Crippen MR) is 89.6 cm³/mol. The first-order valence-corrected chi connectivity index (χ1v) is 7.68. The number of halogens is 1. The molecule has 0 amide bonds. The van der Waals surface area contributed by atoms with Crippen LogP contribution in [0.1, 0.15) is 10.4 Å². The first-order chi connectivity index (χ1) is 11.5. The fourth-order valence-corrected chi connectivity index (χ4v) is 2.22. The Morgan fingerprint density at radius 1 is 1.12 bits per heavy atom. The number of carbonyl (C=O) groups excluding carboxylic acids is 1. The number of rotatable bonds is 7. The van der Waals surface area contributed by atoms with Gasteiger partial charge in [-0.15, -0.1) is 0 Å². The van der Waals surface area contributed by atoms with Crippen molar-refractivity contribution in [3.8, 4) is 11.5 Å². The van der Waals surface area contributed by atoms with Gasteiger partial charge in [0.15, 0.2) is 0 Å². The van der Waals surface area contributed by atoms with Crippen molar-refractivity contribution in [2.75, 3.05) is 20.3 Å². The Hall–Kier alpha value is -2.61. The van der Waals surface area contributed by atoms with Crippen LogP contribution in [0.15, 0.2) is 46.9 Å². The number of benzene rings is 2. The number of nitrogens with zero attached hydrogens (tertiary/aromatic N) is 1. The minimum Gasteiger partial charge on any atom is -0.497 e. The summed E-state index contributed by atoms with van der Waals surface area (Å²) in [6, 6.07) is 11.0. The zero-order valence-electron chi connectivity index (χ0n) is 12.7. The highest BCUT2D eigenvalue weighted by molar-refractivity contribution is 9.10. The molecule has 0 unspecified atom stereocenters. The van der Waals surface area contributed by atoms with Crippen LogP contribution in [0.25, 0.3) is 0 Å². The van der Waals surface area contributed by atoms with Crippen LogP contribution in [-0.2, 0) is 4.74 Å². The number of esters is 1. The molecule has 0 fully saturated rings. The molecule has 2 rings (SSSR count). The lowest BCUT2D eigenvalue weighted by molar-refractivity contribution is -0.385. The zero-order valence-corrected chi connectivity index (χ0v) is 14.3. The van der Waals surface area contributed by atoms with E-state index in [9.17, 15) is 14.9 Å². The molecular weight excluding hydrogens is 382 g/mol. The van der Waals surface area contributed by atoms with Gasteiger partial charge < -0.3 is 14.2 Å². The molecule has 24 heavy (non-hydrogen) atoms. The van der Waals surface area contributed by atoms with E-state index < -0.39 is 10.9 Å². The predicted octanol–water partition coefficient (Wildman–Crippen LogP) is 3.60. The lowest BCUT2D eigenvalue weighted by Gasteiger charge is -2.08. The molecule has 0 aliphatic rings. The molecular formula is C16H14BrNO6. The van der Waals surface area contributed by atoms with E-state index in [4.69, 9.17) is 14.2 Å². The van der Waals surface area contributed by atoms with Crippen LogP contribution in [0, 0.1) is 10.1 Å². The summed E-state index contributed by atoms with van der Waals surface area (Å²) < 4.78 is 15.8. The molecule has 7 nitrogen and oxygen atoms in total. The van der Waals surface area contributed by atoms with Crippen molar-refractivity contribution in [2.45, 2.75) is 0 Å². The molecule has 0 heterocycles. The van der Waals surface area contributed by atoms with Gasteiger partial charge >= 0.3 is 5.97 Å². The molecule has 2 aromatic rings. The van der Waals surface area contributed by atoms with E-state index in [-0.39, 0.29) is 24.5 Å². The van der Waals surface area contributed by atoms with E-state index in [1.165, 1.54) is 12.1 Å². The number of hydrogen-bond donors (Lipinski definition) is 0. The Bertz CT molecular complexity index is 732. The summed E-state index contributed by atoms with van der Waals surface area (Å²) in [5.41, 5.74) is -0.0896. The van der Waals surface area contributed by atoms with Gasteiger partial charge in [-0.05, 0) is 52.3 Å². The summed E-state index contributed by atoms with van der Waals surface area (Å²) in [6.45, 7) is 0.186. The number of hydrogen-bond acceptors (Lipinski definition) is 6. The Morgan fingerprint density at radius 2 is 1.79 bits per heavy atom. The maximum atomic E-state index is 11.9. The van der Waals surface area contributed by atoms with E-state index >= 15 is 0 Å². The maximum absolute atomic E-state index is 11.9. The van der Waals surface area contributed by atoms with Crippen LogP contribution in [0.2, 0.25) is 0 Å². The Labute approximate surface area is 146 Å². The minimum absolute atomic E-state index is 0.0225. The van der Waals surface area contributed by atoms with Crippen LogP contribution < -0.4 is 9.47 Å². The van der Waals surface area contributed by atoms with Gasteiger partial charge in [0.25, 0.3) is 5.69 Å². The summed E-state index contributed by atoms with van der Waals surface area (Å²) >= 11 is 3.06. The van der Waals surface area contributed by atoms with Gasteiger partial charge in [-0.25, -0.2) is 4.79 Å². The average Bonchev–Trinajstić information content (AvgIpc) is 2.59. The highest BCUT2D eigenvalue weighted by atomic mass is 79.9. The number of nitro benzene ring substituents is 1. The number of nitro groups is 1. The second-order valence-electron chi connectivity index (χ2n) is 4.58. The van der Waals surface area contributed by atoms with Crippen molar-refractivity contribution >= 4 is 27.6 Å². The standard InChI is InChI=1S/C16H14BrNO6/c1-22-12-3-5-13(6-4-12)23-8-9-24-16(19)11-2-7-14(17)15(10-11)18(20)21/h2-7,10H,8-9H2,1H3. The fraction of sp³-hybridized carbons (Fsp3) is 0.188. The largest absolute Gasteiger partial charge is 0.497 e. The number of ether oxygens (including phenoxy) is 3. The third-order valence-corrected chi connectivity index (χ3v) is 3.69. The number of carbonyl (C=O) groups is 1. The van der Waals surface area contributed by atoms with Gasteiger partial charge in [0.2, 0.25) is 0 Å². The average molecular weight is 396 g/mol. The van der Waals surface area contributed by atoms with E-state index in [1.807, 2.05) is 0 Å². The first-order valence-electron chi connectivity index (χ1n) is 6.89. The molecule has 0 bridgehead atoms. The van der Waals surface area contributed by atoms with Crippen LogP contribution >= 0.6 is 15.9 Å². The van der Waals surface area contributed by atoms with Crippen molar-refractivity contribution in [1.82, 2.24) is 0 Å². The smallest absolute Gasteiger partial charge is 0.338 e. The SMILES string of the molecule is COc1ccc(OCCOC(=O)c2ccc(Br)c([N+](=O)[O-])c2)cc1. The molecule has 8 heteroatoms. The lowest BCUT2D eigenvalue weighted by atomic mass is 10.2. The van der Waals surface area contributed by atoms with Crippen molar-refractivity contribution < 1.29 is 23.9 Å². The molecule has 0 radical (unpaired) electrons. The highest BCUT2D eigenvalue weighted by Gasteiger charge is 2.16. The molecule has 0 saturated heterocycles. The van der Waals surface area contributed by atoms with Gasteiger partial charge in [0.1, 0.15) is 24.7 Å². The Balaban J connectivity index is 1.84. The van der Waals surface area contributed by atoms with Gasteiger partial charge in [-0.1, -0.05) is 0 Å². The second kappa shape index (κ2) is 8.30. The zero-order chi connectivity index (χ0) is 17.5. The molecule has 0 aliphatic heterocycles. The number of methoxy groups -OCH3 is 1. The molecule has 0 saturated carbocycles. The van der Waals surface area contributed by atoms with E-state index in [0.29, 0.717) is 16.0 Å². The van der Waals surface area contributed by atoms with Gasteiger partial charge in [-0.3, -0.25) is 10.1 Å². The van der Waals surface area contributed by atoms with E-state index in [0.717, 1.165) is 6.07 Å². The third kappa shape index (κ3) is 4.69. The Morgan fingerprint density at radius 3 is 2.42 bits per heavy atom. The second-order valence-corrected chi connectivity index (χ2v) is 5.44. The quantitative estimate of drug-likeness (QED) is 0.308. The summed E-state index contributed by atoms with van der Waals surface area (Å²) in [7, 11) is 1.57. The molecule has 0 aromatic heterocycles. The van der Waals surface area contributed by atoms with Crippen molar-refractivity contribution in [3.63, 3.8) is 0 Å². The van der Waals surface area contributed by atoms with E-state index in [2.05, 4.69) is 15.9 Å². The molecule has 0 N–H and O–H groups in total. The molecule has 126 valence electrons. The summed E-state index contributed by atoms with van der Waals surface area (Å²) in [5.74, 6) is 0.681. The van der Waals surface area contributed by atoms with Gasteiger partial charge in [-0.2, -0.15) is 0 Å². The molecule has 2 aromatic carbocycles. The van der Waals surface area contributed by atoms with Crippen molar-refractivity contribution in [1.29, 1.82) is 0 Å². The monoisotopic (exact) mass is 395 g/mol. The summed E-state index contributed by atoms with van der Waals surface area (Å²) in [6.07, 6.45) is 0. The molecule has 0 atom stereocenters. The maximum Gasteiger partial charge on any atom is 0.338 e. The van der Waals surface area contributed by atoms with Crippen molar-refractivity contribution in [2.24, 2.45) is 0 Å². The Kier molecular flexibility index (Phi) is 6.14. The van der Waals surface area contributed by atoms with Crippen LogP contribution in [0.5, 0.6) is 11.5 Å². The third-order valence-electron chi connectivity index (χ3n) is 3.02. The topological polar surface area (TPSA) is 87.9 Å². The minimum atomic E-state index is -0.649. The van der Waals surface area contributed by atoms with Gasteiger partial charge in [0, 0.05) is 6.07 Å². The van der Waals surface area contributed by atoms with Crippen molar-refractivity contribution in [3.05, 3.63) is 62.6 Å². The fourth-order valence-electron chi connectivity index (χ4n) is 1.83. The summed E-state index contributed by atoms with van der Waals surface area (Å²) in [5, 5.41) is 10.9.